The number of benzene rings is 1. The Morgan fingerprint density at radius 1 is 1.24 bits per heavy atom. The standard InChI is InChI=1S/C20H28N2O3/c1-20(12-7-5-3-2-4-6-8-19(23)24)13-11-17-14-16(15-22-21)9-10-18(17)25-20/h9-11,13-15H,2-8,12,21H2,1H3,(H,23,24). The summed E-state index contributed by atoms with van der Waals surface area (Å²) in [5.41, 5.74) is 1.74. The summed E-state index contributed by atoms with van der Waals surface area (Å²) in [6.45, 7) is 2.12. The largest absolute Gasteiger partial charge is 0.483 e. The molecule has 1 aliphatic heterocycles. The van der Waals surface area contributed by atoms with Crippen LogP contribution in [0.5, 0.6) is 5.75 Å². The Morgan fingerprint density at radius 2 is 1.96 bits per heavy atom. The number of nitrogens with two attached hydrogens (primary N) is 1. The number of nitrogens with zero attached hydrogens (tertiary/aromatic N) is 1. The maximum atomic E-state index is 10.5. The predicted octanol–water partition coefficient (Wildman–Crippen LogP) is 4.35. The maximum Gasteiger partial charge on any atom is 0.303 e. The lowest BCUT2D eigenvalue weighted by atomic mass is 9.93. The summed E-state index contributed by atoms with van der Waals surface area (Å²) in [6.07, 6.45) is 13.4. The fourth-order valence-electron chi connectivity index (χ4n) is 3.10. The summed E-state index contributed by atoms with van der Waals surface area (Å²) >= 11 is 0. The molecule has 1 aromatic rings. The molecule has 5 heteroatoms. The first-order chi connectivity index (χ1) is 12.0. The van der Waals surface area contributed by atoms with Gasteiger partial charge in [0, 0.05) is 12.0 Å². The van der Waals surface area contributed by atoms with Crippen molar-refractivity contribution < 1.29 is 14.6 Å². The lowest BCUT2D eigenvalue weighted by molar-refractivity contribution is -0.137. The third kappa shape index (κ3) is 6.25. The van der Waals surface area contributed by atoms with Crippen molar-refractivity contribution in [2.45, 2.75) is 63.9 Å². The lowest BCUT2D eigenvalue weighted by Gasteiger charge is -2.32. The van der Waals surface area contributed by atoms with Crippen molar-refractivity contribution in [3.63, 3.8) is 0 Å². The molecule has 0 aromatic heterocycles. The molecule has 1 aliphatic rings. The van der Waals surface area contributed by atoms with Crippen LogP contribution >= 0.6 is 0 Å². The smallest absolute Gasteiger partial charge is 0.303 e. The molecule has 1 heterocycles. The number of carbonyl (C=O) groups is 1. The van der Waals surface area contributed by atoms with Crippen molar-refractivity contribution in [3.05, 3.63) is 35.4 Å². The highest BCUT2D eigenvalue weighted by atomic mass is 16.5. The van der Waals surface area contributed by atoms with Crippen molar-refractivity contribution in [2.75, 3.05) is 0 Å². The minimum absolute atomic E-state index is 0.264. The second-order valence-corrected chi connectivity index (χ2v) is 6.84. The third-order valence-corrected chi connectivity index (χ3v) is 4.53. The fraction of sp³-hybridized carbons (Fsp3) is 0.500. The van der Waals surface area contributed by atoms with Crippen LogP contribution in [0.2, 0.25) is 0 Å². The molecule has 0 saturated carbocycles. The van der Waals surface area contributed by atoms with Gasteiger partial charge in [0.25, 0.3) is 0 Å². The van der Waals surface area contributed by atoms with E-state index >= 15 is 0 Å². The minimum atomic E-state index is -0.697. The summed E-state index contributed by atoms with van der Waals surface area (Å²) in [5, 5.41) is 12.2. The molecule has 0 saturated heterocycles. The lowest BCUT2D eigenvalue weighted by Crippen LogP contribution is -2.31. The van der Waals surface area contributed by atoms with E-state index in [2.05, 4.69) is 24.2 Å². The molecular formula is C20H28N2O3. The van der Waals surface area contributed by atoms with Crippen LogP contribution in [0.15, 0.2) is 29.4 Å². The molecule has 1 atom stereocenters. The first-order valence-electron chi connectivity index (χ1n) is 9.00. The second-order valence-electron chi connectivity index (χ2n) is 6.84. The molecule has 2 rings (SSSR count). The molecule has 0 amide bonds. The quantitative estimate of drug-likeness (QED) is 0.286. The van der Waals surface area contributed by atoms with Gasteiger partial charge < -0.3 is 15.7 Å². The number of unbranched alkanes of at least 4 members (excludes halogenated alkanes) is 5. The Balaban J connectivity index is 1.72. The Bertz CT molecular complexity index is 640. The average molecular weight is 344 g/mol. The van der Waals surface area contributed by atoms with E-state index in [4.69, 9.17) is 15.7 Å². The Labute approximate surface area is 149 Å². The van der Waals surface area contributed by atoms with Gasteiger partial charge in [-0.15, -0.1) is 0 Å². The van der Waals surface area contributed by atoms with Gasteiger partial charge in [0.2, 0.25) is 0 Å². The molecule has 0 fully saturated rings. The zero-order valence-electron chi connectivity index (χ0n) is 14.9. The van der Waals surface area contributed by atoms with Gasteiger partial charge in [-0.1, -0.05) is 31.8 Å². The number of fused-ring (bicyclic) bond motifs is 1. The van der Waals surface area contributed by atoms with Crippen LogP contribution in [0.1, 0.15) is 69.4 Å². The molecule has 0 aliphatic carbocycles. The molecule has 0 spiro atoms. The highest BCUT2D eigenvalue weighted by Gasteiger charge is 2.26. The van der Waals surface area contributed by atoms with Crippen molar-refractivity contribution in [1.29, 1.82) is 0 Å². The van der Waals surface area contributed by atoms with Crippen molar-refractivity contribution in [3.8, 4) is 5.75 Å². The van der Waals surface area contributed by atoms with Crippen LogP contribution < -0.4 is 10.6 Å². The van der Waals surface area contributed by atoms with Crippen LogP contribution in [0.25, 0.3) is 6.08 Å². The van der Waals surface area contributed by atoms with E-state index in [1.807, 2.05) is 18.2 Å². The second kappa shape index (κ2) is 9.25. The van der Waals surface area contributed by atoms with E-state index in [9.17, 15) is 4.79 Å². The molecule has 0 radical (unpaired) electrons. The summed E-state index contributed by atoms with van der Waals surface area (Å²) in [5.74, 6) is 5.39. The predicted molar refractivity (Wildman–Crippen MR) is 101 cm³/mol. The molecular weight excluding hydrogens is 316 g/mol. The molecule has 1 aromatic carbocycles. The molecule has 25 heavy (non-hydrogen) atoms. The average Bonchev–Trinajstić information content (AvgIpc) is 2.57. The number of ether oxygens (including phenoxy) is 1. The number of hydrazone groups is 1. The number of carboxylic acids is 1. The van der Waals surface area contributed by atoms with Crippen molar-refractivity contribution >= 4 is 18.3 Å². The van der Waals surface area contributed by atoms with Gasteiger partial charge in [0.1, 0.15) is 11.4 Å². The van der Waals surface area contributed by atoms with Gasteiger partial charge in [-0.05, 0) is 56.0 Å². The maximum absolute atomic E-state index is 10.5. The number of hydrogen-bond acceptors (Lipinski definition) is 4. The summed E-state index contributed by atoms with van der Waals surface area (Å²) in [6, 6.07) is 5.93. The number of hydrogen-bond donors (Lipinski definition) is 2. The Hall–Kier alpha value is -2.30. The van der Waals surface area contributed by atoms with E-state index in [1.54, 1.807) is 6.21 Å². The summed E-state index contributed by atoms with van der Waals surface area (Å²) < 4.78 is 6.20. The van der Waals surface area contributed by atoms with Crippen LogP contribution in [-0.4, -0.2) is 22.9 Å². The molecule has 136 valence electrons. The Morgan fingerprint density at radius 3 is 2.68 bits per heavy atom. The SMILES string of the molecule is CC1(CCCCCCCCC(=O)O)C=Cc2cc(C=NN)ccc2O1. The third-order valence-electron chi connectivity index (χ3n) is 4.53. The van der Waals surface area contributed by atoms with E-state index < -0.39 is 5.97 Å². The van der Waals surface area contributed by atoms with E-state index in [1.165, 1.54) is 0 Å². The molecule has 1 unspecified atom stereocenters. The summed E-state index contributed by atoms with van der Waals surface area (Å²) in [4.78, 5) is 10.5. The van der Waals surface area contributed by atoms with E-state index in [0.29, 0.717) is 0 Å². The van der Waals surface area contributed by atoms with Gasteiger partial charge >= 0.3 is 5.97 Å². The number of carboxylic acid groups (broad SMARTS) is 1. The number of aliphatic carboxylic acids is 1. The molecule has 5 nitrogen and oxygen atoms in total. The molecule has 0 bridgehead atoms. The van der Waals surface area contributed by atoms with E-state index in [0.717, 1.165) is 61.8 Å². The number of rotatable bonds is 10. The fourth-order valence-corrected chi connectivity index (χ4v) is 3.10. The zero-order valence-corrected chi connectivity index (χ0v) is 14.9. The van der Waals surface area contributed by atoms with Crippen LogP contribution in [-0.2, 0) is 4.79 Å². The summed E-state index contributed by atoms with van der Waals surface area (Å²) in [7, 11) is 0. The van der Waals surface area contributed by atoms with Crippen LogP contribution in [0, 0.1) is 0 Å². The molecule has 3 N–H and O–H groups in total. The van der Waals surface area contributed by atoms with Gasteiger partial charge in [-0.3, -0.25) is 4.79 Å². The van der Waals surface area contributed by atoms with Crippen LogP contribution in [0.4, 0.5) is 0 Å². The van der Waals surface area contributed by atoms with Crippen molar-refractivity contribution in [1.82, 2.24) is 0 Å². The van der Waals surface area contributed by atoms with Gasteiger partial charge in [0.15, 0.2) is 0 Å². The normalized spacial score (nSPS) is 18.9. The van der Waals surface area contributed by atoms with Gasteiger partial charge in [-0.2, -0.15) is 5.10 Å². The highest BCUT2D eigenvalue weighted by Crippen LogP contribution is 2.34. The van der Waals surface area contributed by atoms with Gasteiger partial charge in [0.05, 0.1) is 6.21 Å². The van der Waals surface area contributed by atoms with Crippen molar-refractivity contribution in [2.24, 2.45) is 10.9 Å². The highest BCUT2D eigenvalue weighted by molar-refractivity contribution is 5.81. The first kappa shape index (κ1) is 19.0. The van der Waals surface area contributed by atoms with Gasteiger partial charge in [-0.25, -0.2) is 0 Å². The monoisotopic (exact) mass is 344 g/mol. The first-order valence-corrected chi connectivity index (χ1v) is 9.00. The Kier molecular flexibility index (Phi) is 7.04. The van der Waals surface area contributed by atoms with Crippen LogP contribution in [0.3, 0.4) is 0 Å². The van der Waals surface area contributed by atoms with E-state index in [-0.39, 0.29) is 12.0 Å². The topological polar surface area (TPSA) is 84.9 Å². The minimum Gasteiger partial charge on any atom is -0.483 e. The zero-order chi connectivity index (χ0) is 18.1.